The second kappa shape index (κ2) is 2.28. The number of aliphatic hydroxyl groups is 1. The molecule has 0 spiro atoms. The molecule has 1 amide bonds. The van der Waals surface area contributed by atoms with Gasteiger partial charge in [0.2, 0.25) is 5.91 Å². The lowest BCUT2D eigenvalue weighted by atomic mass is 10.3. The summed E-state index contributed by atoms with van der Waals surface area (Å²) >= 11 is 4.54. The van der Waals surface area contributed by atoms with E-state index in [9.17, 15) is 4.79 Å². The Morgan fingerprint density at radius 1 is 1.56 bits per heavy atom. The van der Waals surface area contributed by atoms with Crippen LogP contribution in [0, 0.1) is 6.23 Å². The number of aliphatic hydroxyl groups excluding tert-OH is 1. The normalized spacial score (nSPS) is 21.0. The third kappa shape index (κ3) is 1.62. The predicted octanol–water partition coefficient (Wildman–Crippen LogP) is -0.757. The molecule has 1 heterocycles. The van der Waals surface area contributed by atoms with E-state index in [1.807, 2.05) is 0 Å². The number of thiocarbonyl (C=S) groups is 1. The molecule has 0 aliphatic carbocycles. The zero-order valence-corrected chi connectivity index (χ0v) is 5.29. The predicted molar refractivity (Wildman–Crippen MR) is 33.7 cm³/mol. The lowest BCUT2D eigenvalue weighted by Gasteiger charge is -2.18. The lowest BCUT2D eigenvalue weighted by molar-refractivity contribution is -0.120. The van der Waals surface area contributed by atoms with Crippen LogP contribution in [-0.2, 0) is 4.79 Å². The van der Waals surface area contributed by atoms with E-state index in [-0.39, 0.29) is 23.7 Å². The molecule has 1 aliphatic heterocycles. The summed E-state index contributed by atoms with van der Waals surface area (Å²) in [4.78, 5) is 10.5. The highest BCUT2D eigenvalue weighted by Gasteiger charge is 2.19. The molecule has 1 rings (SSSR count). The fourth-order valence-corrected chi connectivity index (χ4v) is 0.761. The van der Waals surface area contributed by atoms with Crippen molar-refractivity contribution in [1.82, 2.24) is 10.6 Å². The monoisotopic (exact) mass is 145 g/mol. The third-order valence-corrected chi connectivity index (χ3v) is 1.04. The highest BCUT2D eigenvalue weighted by molar-refractivity contribution is 7.80. The van der Waals surface area contributed by atoms with Crippen molar-refractivity contribution >= 4 is 23.2 Å². The van der Waals surface area contributed by atoms with Gasteiger partial charge in [-0.3, -0.25) is 4.79 Å². The molecule has 0 atom stereocenters. The van der Waals surface area contributed by atoms with Crippen molar-refractivity contribution in [3.05, 3.63) is 6.23 Å². The summed E-state index contributed by atoms with van der Waals surface area (Å²) in [6.45, 7) is 0. The smallest absolute Gasteiger partial charge is 0.231 e. The van der Waals surface area contributed by atoms with Gasteiger partial charge in [-0.25, -0.2) is 0 Å². The lowest BCUT2D eigenvalue weighted by Crippen LogP contribution is -2.47. The molecule has 1 saturated heterocycles. The Labute approximate surface area is 57.2 Å². The van der Waals surface area contributed by atoms with Crippen molar-refractivity contribution < 1.29 is 9.90 Å². The topological polar surface area (TPSA) is 61.4 Å². The van der Waals surface area contributed by atoms with Gasteiger partial charge in [-0.05, 0) is 12.2 Å². The highest BCUT2D eigenvalue weighted by atomic mass is 32.1. The van der Waals surface area contributed by atoms with Crippen molar-refractivity contribution in [2.75, 3.05) is 0 Å². The SMILES string of the molecule is O=C1C[C](O)NC(=S)N1. The van der Waals surface area contributed by atoms with Crippen molar-refractivity contribution in [2.45, 2.75) is 6.42 Å². The van der Waals surface area contributed by atoms with Gasteiger partial charge in [-0.15, -0.1) is 0 Å². The van der Waals surface area contributed by atoms with Crippen LogP contribution in [0.15, 0.2) is 0 Å². The van der Waals surface area contributed by atoms with Gasteiger partial charge >= 0.3 is 0 Å². The van der Waals surface area contributed by atoms with Crippen LogP contribution in [0.5, 0.6) is 0 Å². The molecule has 0 saturated carbocycles. The standard InChI is InChI=1S/C4H5N2O2S/c7-2-1-3(8)6-4(9)5-2/h7H,1H2,(H2,5,6,8,9). The molecular formula is C4H5N2O2S. The van der Waals surface area contributed by atoms with Crippen LogP contribution < -0.4 is 10.6 Å². The van der Waals surface area contributed by atoms with Crippen LogP contribution >= 0.6 is 12.2 Å². The summed E-state index contributed by atoms with van der Waals surface area (Å²) in [6, 6.07) is 0. The Morgan fingerprint density at radius 3 is 2.67 bits per heavy atom. The number of hydrogen-bond donors (Lipinski definition) is 3. The maximum Gasteiger partial charge on any atom is 0.231 e. The first-order valence-corrected chi connectivity index (χ1v) is 2.75. The van der Waals surface area contributed by atoms with Gasteiger partial charge in [0, 0.05) is 0 Å². The second-order valence-electron chi connectivity index (χ2n) is 1.63. The van der Waals surface area contributed by atoms with E-state index >= 15 is 0 Å². The van der Waals surface area contributed by atoms with E-state index in [1.165, 1.54) is 0 Å². The van der Waals surface area contributed by atoms with E-state index in [0.717, 1.165) is 0 Å². The largest absolute Gasteiger partial charge is 0.366 e. The first-order valence-electron chi connectivity index (χ1n) is 2.34. The number of amides is 1. The average molecular weight is 145 g/mol. The first-order chi connectivity index (χ1) is 4.18. The number of hydrogen-bond acceptors (Lipinski definition) is 3. The van der Waals surface area contributed by atoms with Crippen LogP contribution in [0.25, 0.3) is 0 Å². The van der Waals surface area contributed by atoms with Gasteiger partial charge in [0.15, 0.2) is 11.3 Å². The molecule has 0 aromatic rings. The van der Waals surface area contributed by atoms with E-state index in [2.05, 4.69) is 22.9 Å². The van der Waals surface area contributed by atoms with Crippen molar-refractivity contribution in [2.24, 2.45) is 0 Å². The Bertz CT molecular complexity index is 143. The van der Waals surface area contributed by atoms with Crippen molar-refractivity contribution in [3.8, 4) is 0 Å². The van der Waals surface area contributed by atoms with E-state index in [0.29, 0.717) is 0 Å². The van der Waals surface area contributed by atoms with Crippen LogP contribution in [0.1, 0.15) is 6.42 Å². The zero-order valence-electron chi connectivity index (χ0n) is 4.47. The molecule has 0 unspecified atom stereocenters. The molecule has 1 radical (unpaired) electrons. The van der Waals surface area contributed by atoms with E-state index in [4.69, 9.17) is 5.11 Å². The fraction of sp³-hybridized carbons (Fsp3) is 0.250. The molecule has 1 aliphatic rings. The fourth-order valence-electron chi connectivity index (χ4n) is 0.529. The molecular weight excluding hydrogens is 140 g/mol. The van der Waals surface area contributed by atoms with Crippen LogP contribution in [0.4, 0.5) is 0 Å². The number of carbonyl (C=O) groups is 1. The quantitative estimate of drug-likeness (QED) is 0.392. The van der Waals surface area contributed by atoms with Gasteiger partial charge in [-0.2, -0.15) is 0 Å². The number of nitrogens with one attached hydrogen (secondary N) is 2. The average Bonchev–Trinajstić information content (AvgIpc) is 1.59. The molecule has 9 heavy (non-hydrogen) atoms. The van der Waals surface area contributed by atoms with Gasteiger partial charge in [-0.1, -0.05) is 0 Å². The summed E-state index contributed by atoms with van der Waals surface area (Å²) in [5.41, 5.74) is 0. The number of carbonyl (C=O) groups excluding carboxylic acids is 1. The van der Waals surface area contributed by atoms with Gasteiger partial charge in [0.05, 0.1) is 6.42 Å². The first kappa shape index (κ1) is 6.44. The van der Waals surface area contributed by atoms with Crippen LogP contribution in [0.2, 0.25) is 0 Å². The molecule has 1 fully saturated rings. The molecule has 5 heteroatoms. The molecule has 3 N–H and O–H groups in total. The van der Waals surface area contributed by atoms with Crippen molar-refractivity contribution in [1.29, 1.82) is 0 Å². The minimum Gasteiger partial charge on any atom is -0.366 e. The minimum absolute atomic E-state index is 0.0138. The maximum absolute atomic E-state index is 10.5. The maximum atomic E-state index is 10.5. The van der Waals surface area contributed by atoms with E-state index < -0.39 is 0 Å². The second-order valence-corrected chi connectivity index (χ2v) is 2.03. The zero-order chi connectivity index (χ0) is 6.85. The minimum atomic E-state index is -0.281. The Morgan fingerprint density at radius 2 is 2.22 bits per heavy atom. The van der Waals surface area contributed by atoms with E-state index in [1.54, 1.807) is 0 Å². The Balaban J connectivity index is 2.53. The van der Waals surface area contributed by atoms with Crippen LogP contribution in [0.3, 0.4) is 0 Å². The third-order valence-electron chi connectivity index (χ3n) is 0.839. The summed E-state index contributed by atoms with van der Waals surface area (Å²) in [5.74, 6) is -0.281. The molecule has 0 aromatic carbocycles. The van der Waals surface area contributed by atoms with Gasteiger partial charge < -0.3 is 15.7 Å². The molecule has 0 aromatic heterocycles. The summed E-state index contributed by atoms with van der Waals surface area (Å²) in [7, 11) is 0. The summed E-state index contributed by atoms with van der Waals surface area (Å²) in [5, 5.41) is 13.6. The molecule has 4 nitrogen and oxygen atoms in total. The summed E-state index contributed by atoms with van der Waals surface area (Å²) < 4.78 is 0. The Hall–Kier alpha value is -0.680. The van der Waals surface area contributed by atoms with Gasteiger partial charge in [0.1, 0.15) is 0 Å². The molecule has 0 bridgehead atoms. The molecule has 49 valence electrons. The summed E-state index contributed by atoms with van der Waals surface area (Å²) in [6.07, 6.45) is -0.108. The Kier molecular flexibility index (Phi) is 1.63. The number of rotatable bonds is 0. The highest BCUT2D eigenvalue weighted by Crippen LogP contribution is 1.99. The van der Waals surface area contributed by atoms with Crippen LogP contribution in [-0.4, -0.2) is 16.1 Å². The van der Waals surface area contributed by atoms with Crippen molar-refractivity contribution in [3.63, 3.8) is 0 Å². The van der Waals surface area contributed by atoms with Gasteiger partial charge in [0.25, 0.3) is 0 Å².